The van der Waals surface area contributed by atoms with Crippen LogP contribution in [0.3, 0.4) is 0 Å². The summed E-state index contributed by atoms with van der Waals surface area (Å²) < 4.78 is 0. The first-order chi connectivity index (χ1) is 32.5. The summed E-state index contributed by atoms with van der Waals surface area (Å²) in [5.41, 5.74) is 19.7. The van der Waals surface area contributed by atoms with Gasteiger partial charge in [0.25, 0.3) is 0 Å². The third-order valence-electron chi connectivity index (χ3n) is 14.5. The topological polar surface area (TPSA) is 6.48 Å². The number of para-hydroxylation sites is 2. The fourth-order valence-corrected chi connectivity index (χ4v) is 11.3. The number of nitrogens with zero attached hydrogens (tertiary/aromatic N) is 2. The molecule has 10 aromatic carbocycles. The van der Waals surface area contributed by atoms with Crippen LogP contribution in [0.2, 0.25) is 0 Å². The van der Waals surface area contributed by atoms with Gasteiger partial charge in [0.2, 0.25) is 0 Å². The minimum Gasteiger partial charge on any atom is -0.310 e. The lowest BCUT2D eigenvalue weighted by atomic mass is 9.68. The number of fused-ring (bicyclic) bond motifs is 14. The van der Waals surface area contributed by atoms with Gasteiger partial charge in [-0.3, -0.25) is 0 Å². The van der Waals surface area contributed by atoms with Crippen molar-refractivity contribution in [3.8, 4) is 22.3 Å². The molecule has 67 heavy (non-hydrogen) atoms. The Labute approximate surface area is 395 Å². The van der Waals surface area contributed by atoms with Crippen molar-refractivity contribution < 1.29 is 0 Å². The summed E-state index contributed by atoms with van der Waals surface area (Å²) in [5.74, 6) is 0. The minimum atomic E-state index is -0.538. The molecular formula is C65H54N2. The number of hydrogen-bond acceptors (Lipinski definition) is 2. The number of hydrogen-bond donors (Lipinski definition) is 0. The van der Waals surface area contributed by atoms with Gasteiger partial charge >= 0.3 is 0 Å². The molecule has 0 heterocycles. The summed E-state index contributed by atoms with van der Waals surface area (Å²) in [4.78, 5) is 4.79. The number of benzene rings is 10. The third kappa shape index (κ3) is 6.38. The average Bonchev–Trinajstić information content (AvgIpc) is 3.82. The molecule has 2 heteroatoms. The Hall–Kier alpha value is -7.68. The van der Waals surface area contributed by atoms with Crippen LogP contribution in [0.25, 0.3) is 43.8 Å². The number of anilines is 6. The molecule has 0 radical (unpaired) electrons. The highest BCUT2D eigenvalue weighted by Gasteiger charge is 2.53. The standard InChI is InChI=1S/C65H54N2/c1-63(2,3)45-27-31-49(32-28-45)66(47-17-9-7-10-18-47)51-35-39-53-43(41-51)25-37-57-58-38-26-44-42-52(67(48-19-11-8-12-20-48)50-33-29-46(30-34-50)64(4,5)6)36-40-54(44)62(58)65(61(53)57)59-23-15-13-21-55(59)56-22-14-16-24-60(56)65/h7-42H,1-6H3. The molecule has 2 aliphatic carbocycles. The van der Waals surface area contributed by atoms with E-state index >= 15 is 0 Å². The van der Waals surface area contributed by atoms with Crippen molar-refractivity contribution in [3.63, 3.8) is 0 Å². The van der Waals surface area contributed by atoms with Gasteiger partial charge in [0.05, 0.1) is 5.41 Å². The zero-order valence-electron chi connectivity index (χ0n) is 39.2. The van der Waals surface area contributed by atoms with Crippen molar-refractivity contribution >= 4 is 55.7 Å². The van der Waals surface area contributed by atoms with Crippen LogP contribution in [0, 0.1) is 0 Å². The van der Waals surface area contributed by atoms with Gasteiger partial charge in [0, 0.05) is 34.1 Å². The molecule has 0 saturated carbocycles. The van der Waals surface area contributed by atoms with Crippen LogP contribution < -0.4 is 9.80 Å². The summed E-state index contributed by atoms with van der Waals surface area (Å²) in [6, 6.07) is 81.9. The van der Waals surface area contributed by atoms with Gasteiger partial charge < -0.3 is 9.80 Å². The highest BCUT2D eigenvalue weighted by Crippen LogP contribution is 2.65. The zero-order valence-corrected chi connectivity index (χ0v) is 39.2. The van der Waals surface area contributed by atoms with Crippen LogP contribution in [0.5, 0.6) is 0 Å². The maximum atomic E-state index is 2.41. The molecule has 0 bridgehead atoms. The second-order valence-corrected chi connectivity index (χ2v) is 20.6. The van der Waals surface area contributed by atoms with Crippen LogP contribution in [-0.2, 0) is 16.2 Å². The van der Waals surface area contributed by atoms with Crippen molar-refractivity contribution in [1.82, 2.24) is 0 Å². The maximum Gasteiger partial charge on any atom is 0.0737 e. The smallest absolute Gasteiger partial charge is 0.0737 e. The Morgan fingerprint density at radius 3 is 1.03 bits per heavy atom. The summed E-state index contributed by atoms with van der Waals surface area (Å²) in [6.45, 7) is 13.7. The van der Waals surface area contributed by atoms with E-state index in [2.05, 4.69) is 270 Å². The lowest BCUT2D eigenvalue weighted by Gasteiger charge is -2.33. The Morgan fingerprint density at radius 2 is 0.642 bits per heavy atom. The first-order valence-electron chi connectivity index (χ1n) is 23.8. The van der Waals surface area contributed by atoms with Gasteiger partial charge in [-0.1, -0.05) is 187 Å². The summed E-state index contributed by atoms with van der Waals surface area (Å²) >= 11 is 0. The van der Waals surface area contributed by atoms with Crippen LogP contribution in [0.1, 0.15) is 74.9 Å². The quantitative estimate of drug-likeness (QED) is 0.164. The van der Waals surface area contributed by atoms with E-state index in [0.717, 1.165) is 34.1 Å². The summed E-state index contributed by atoms with van der Waals surface area (Å²) in [5, 5.41) is 5.00. The van der Waals surface area contributed by atoms with E-state index in [9.17, 15) is 0 Å². The Balaban J connectivity index is 1.07. The molecule has 10 aromatic rings. The minimum absolute atomic E-state index is 0.0689. The van der Waals surface area contributed by atoms with Gasteiger partial charge in [0.15, 0.2) is 0 Å². The molecule has 0 saturated heterocycles. The van der Waals surface area contributed by atoms with Crippen molar-refractivity contribution in [3.05, 3.63) is 252 Å². The van der Waals surface area contributed by atoms with Crippen molar-refractivity contribution in [1.29, 1.82) is 0 Å². The maximum absolute atomic E-state index is 2.41. The molecule has 0 atom stereocenters. The van der Waals surface area contributed by atoms with Crippen molar-refractivity contribution in [2.45, 2.75) is 57.8 Å². The van der Waals surface area contributed by atoms with Crippen LogP contribution >= 0.6 is 0 Å². The van der Waals surface area contributed by atoms with Gasteiger partial charge in [0.1, 0.15) is 0 Å². The average molecular weight is 863 g/mol. The molecule has 1 spiro atoms. The van der Waals surface area contributed by atoms with Gasteiger partial charge in [-0.15, -0.1) is 0 Å². The first-order valence-corrected chi connectivity index (χ1v) is 23.8. The largest absolute Gasteiger partial charge is 0.310 e. The number of rotatable bonds is 6. The van der Waals surface area contributed by atoms with E-state index in [-0.39, 0.29) is 10.8 Å². The monoisotopic (exact) mass is 862 g/mol. The molecule has 0 N–H and O–H groups in total. The molecule has 0 amide bonds. The van der Waals surface area contributed by atoms with Gasteiger partial charge in [-0.05, 0) is 161 Å². The van der Waals surface area contributed by atoms with Gasteiger partial charge in [-0.2, -0.15) is 0 Å². The summed E-state index contributed by atoms with van der Waals surface area (Å²) in [7, 11) is 0. The highest BCUT2D eigenvalue weighted by atomic mass is 15.1. The molecule has 0 aliphatic heterocycles. The molecule has 0 fully saturated rings. The molecule has 0 aromatic heterocycles. The fraction of sp³-hybridized carbons (Fsp3) is 0.138. The normalized spacial score (nSPS) is 13.3. The Bertz CT molecular complexity index is 3280. The second-order valence-electron chi connectivity index (χ2n) is 20.6. The zero-order chi connectivity index (χ0) is 45.7. The van der Waals surface area contributed by atoms with Crippen molar-refractivity contribution in [2.24, 2.45) is 0 Å². The molecular weight excluding hydrogens is 809 g/mol. The Morgan fingerprint density at radius 1 is 0.299 bits per heavy atom. The van der Waals surface area contributed by atoms with E-state index < -0.39 is 5.41 Å². The van der Waals surface area contributed by atoms with E-state index in [0.29, 0.717) is 0 Å². The molecule has 2 aliphatic rings. The molecule has 324 valence electrons. The highest BCUT2D eigenvalue weighted by molar-refractivity contribution is 6.10. The second kappa shape index (κ2) is 15.2. The third-order valence-corrected chi connectivity index (χ3v) is 14.5. The van der Waals surface area contributed by atoms with E-state index in [1.165, 1.54) is 77.2 Å². The lowest BCUT2D eigenvalue weighted by molar-refractivity contribution is 0.590. The predicted octanol–water partition coefficient (Wildman–Crippen LogP) is 17.9. The summed E-state index contributed by atoms with van der Waals surface area (Å²) in [6.07, 6.45) is 0. The molecule has 12 rings (SSSR count). The van der Waals surface area contributed by atoms with Gasteiger partial charge in [-0.25, -0.2) is 0 Å². The predicted molar refractivity (Wildman–Crippen MR) is 285 cm³/mol. The van der Waals surface area contributed by atoms with Crippen LogP contribution in [-0.4, -0.2) is 0 Å². The first kappa shape index (κ1) is 40.8. The van der Waals surface area contributed by atoms with E-state index in [1.807, 2.05) is 0 Å². The van der Waals surface area contributed by atoms with Crippen LogP contribution in [0.15, 0.2) is 218 Å². The molecule has 2 nitrogen and oxygen atoms in total. The lowest BCUT2D eigenvalue weighted by Crippen LogP contribution is -2.26. The van der Waals surface area contributed by atoms with Crippen molar-refractivity contribution in [2.75, 3.05) is 9.80 Å². The fourth-order valence-electron chi connectivity index (χ4n) is 11.3. The van der Waals surface area contributed by atoms with Crippen LogP contribution in [0.4, 0.5) is 34.1 Å². The van der Waals surface area contributed by atoms with E-state index in [4.69, 9.17) is 0 Å². The SMILES string of the molecule is CC(C)(C)c1ccc(N(c2ccccc2)c2ccc3c4c(ccc3c2)-c2ccc3cc(N(c5ccccc5)c5ccc(C(C)(C)C)cc5)ccc3c2C42c3ccccc3-c3ccccc32)cc1. The van der Waals surface area contributed by atoms with E-state index in [1.54, 1.807) is 0 Å². The molecule has 0 unspecified atom stereocenters. The Kier molecular flexibility index (Phi) is 9.25.